The molecule has 92 valence electrons. The van der Waals surface area contributed by atoms with E-state index in [1.807, 2.05) is 0 Å². The number of allylic oxidation sites excluding steroid dienone is 1. The highest BCUT2D eigenvalue weighted by atomic mass is 16.5. The summed E-state index contributed by atoms with van der Waals surface area (Å²) in [6, 6.07) is 2.24. The Balaban J connectivity index is 1.87. The van der Waals surface area contributed by atoms with E-state index < -0.39 is 0 Å². The molecule has 0 bridgehead atoms. The van der Waals surface area contributed by atoms with Crippen molar-refractivity contribution < 1.29 is 4.74 Å². The highest BCUT2D eigenvalue weighted by Gasteiger charge is 2.21. The third-order valence-corrected chi connectivity index (χ3v) is 3.62. The lowest BCUT2D eigenvalue weighted by Crippen LogP contribution is -2.14. The Hall–Kier alpha value is -1.29. The van der Waals surface area contributed by atoms with Gasteiger partial charge in [-0.2, -0.15) is 5.10 Å². The number of fused-ring (bicyclic) bond motifs is 1. The molecule has 0 unspecified atom stereocenters. The number of ether oxygens (including phenoxy) is 1. The van der Waals surface area contributed by atoms with Gasteiger partial charge >= 0.3 is 0 Å². The second-order valence-corrected chi connectivity index (χ2v) is 4.82. The van der Waals surface area contributed by atoms with Gasteiger partial charge in [0.05, 0.1) is 5.69 Å². The number of aryl methyl sites for hydroxylation is 1. The van der Waals surface area contributed by atoms with E-state index in [0.717, 1.165) is 39.0 Å². The van der Waals surface area contributed by atoms with Gasteiger partial charge in [0.1, 0.15) is 5.82 Å². The number of hydrogen-bond donors (Lipinski definition) is 0. The van der Waals surface area contributed by atoms with Crippen LogP contribution in [0, 0.1) is 0 Å². The summed E-state index contributed by atoms with van der Waals surface area (Å²) in [4.78, 5) is 2.16. The van der Waals surface area contributed by atoms with Gasteiger partial charge in [0, 0.05) is 45.0 Å². The lowest BCUT2D eigenvalue weighted by molar-refractivity contribution is 0.0843. The highest BCUT2D eigenvalue weighted by molar-refractivity contribution is 5.44. The topological polar surface area (TPSA) is 30.3 Å². The molecular formula is C13H19N3O. The van der Waals surface area contributed by atoms with Crippen LogP contribution in [0.3, 0.4) is 0 Å². The number of anilines is 1. The Morgan fingerprint density at radius 3 is 3.00 bits per heavy atom. The fraction of sp³-hybridized carbons (Fsp3) is 0.615. The fourth-order valence-electron chi connectivity index (χ4n) is 2.57. The van der Waals surface area contributed by atoms with Crippen molar-refractivity contribution in [2.45, 2.75) is 31.7 Å². The highest BCUT2D eigenvalue weighted by Crippen LogP contribution is 2.29. The summed E-state index contributed by atoms with van der Waals surface area (Å²) in [7, 11) is 2.09. The second kappa shape index (κ2) is 4.53. The number of nitrogens with zero attached hydrogens (tertiary/aromatic N) is 3. The zero-order chi connectivity index (χ0) is 11.7. The van der Waals surface area contributed by atoms with Gasteiger partial charge in [-0.1, -0.05) is 6.08 Å². The van der Waals surface area contributed by atoms with Gasteiger partial charge in [-0.15, -0.1) is 0 Å². The molecule has 0 aliphatic carbocycles. The van der Waals surface area contributed by atoms with Crippen LogP contribution < -0.4 is 4.90 Å². The van der Waals surface area contributed by atoms with E-state index in [0.29, 0.717) is 5.92 Å². The van der Waals surface area contributed by atoms with Gasteiger partial charge in [-0.3, -0.25) is 0 Å². The molecule has 3 heterocycles. The summed E-state index contributed by atoms with van der Waals surface area (Å²) >= 11 is 0. The smallest absolute Gasteiger partial charge is 0.130 e. The van der Waals surface area contributed by atoms with E-state index in [9.17, 15) is 0 Å². The molecule has 0 amide bonds. The molecule has 2 aliphatic rings. The van der Waals surface area contributed by atoms with E-state index in [1.54, 1.807) is 0 Å². The Labute approximate surface area is 102 Å². The van der Waals surface area contributed by atoms with Gasteiger partial charge in [-0.05, 0) is 19.3 Å². The number of rotatable bonds is 1. The fourth-order valence-corrected chi connectivity index (χ4v) is 2.57. The van der Waals surface area contributed by atoms with Crippen molar-refractivity contribution in [3.05, 3.63) is 24.0 Å². The average Bonchev–Trinajstić information content (AvgIpc) is 2.72. The summed E-state index contributed by atoms with van der Waals surface area (Å²) in [6.07, 6.45) is 7.61. The predicted molar refractivity (Wildman–Crippen MR) is 67.2 cm³/mol. The summed E-state index contributed by atoms with van der Waals surface area (Å²) in [5.41, 5.74) is 1.24. The van der Waals surface area contributed by atoms with Crippen LogP contribution in [0.2, 0.25) is 0 Å². The first-order valence-electron chi connectivity index (χ1n) is 6.39. The van der Waals surface area contributed by atoms with Crippen LogP contribution in [0.5, 0.6) is 0 Å². The zero-order valence-corrected chi connectivity index (χ0v) is 10.3. The minimum Gasteiger partial charge on any atom is -0.381 e. The Kier molecular flexibility index (Phi) is 2.89. The lowest BCUT2D eigenvalue weighted by atomic mass is 9.97. The number of hydrogen-bond acceptors (Lipinski definition) is 3. The molecule has 1 aromatic heterocycles. The van der Waals surface area contributed by atoms with Crippen molar-refractivity contribution in [2.24, 2.45) is 0 Å². The molecule has 1 saturated heterocycles. The van der Waals surface area contributed by atoms with Gasteiger partial charge in [0.25, 0.3) is 0 Å². The normalized spacial score (nSPS) is 21.4. The van der Waals surface area contributed by atoms with E-state index in [-0.39, 0.29) is 0 Å². The molecule has 1 fully saturated rings. The van der Waals surface area contributed by atoms with Crippen molar-refractivity contribution in [3.8, 4) is 0 Å². The predicted octanol–water partition coefficient (Wildman–Crippen LogP) is 2.13. The van der Waals surface area contributed by atoms with Crippen LogP contribution >= 0.6 is 0 Å². The van der Waals surface area contributed by atoms with Crippen LogP contribution in [0.4, 0.5) is 5.82 Å². The van der Waals surface area contributed by atoms with Crippen molar-refractivity contribution >= 4 is 5.82 Å². The standard InChI is InChI=1S/C13H19N3O/c1-15-6-2-3-7-16-13(15)10-12(14-16)11-4-8-17-9-5-11/h2,6,10-11H,3-5,7-9H2,1H3. The molecule has 0 aromatic carbocycles. The van der Waals surface area contributed by atoms with Crippen molar-refractivity contribution in [3.63, 3.8) is 0 Å². The molecular weight excluding hydrogens is 214 g/mol. The maximum absolute atomic E-state index is 5.41. The monoisotopic (exact) mass is 233 g/mol. The van der Waals surface area contributed by atoms with Crippen LogP contribution in [-0.4, -0.2) is 30.0 Å². The molecule has 0 N–H and O–H groups in total. The minimum absolute atomic E-state index is 0.584. The molecule has 2 aliphatic heterocycles. The van der Waals surface area contributed by atoms with Gasteiger partial charge in [0.15, 0.2) is 0 Å². The first kappa shape index (κ1) is 10.8. The molecule has 0 spiro atoms. The minimum atomic E-state index is 0.584. The quantitative estimate of drug-likeness (QED) is 0.744. The van der Waals surface area contributed by atoms with Crippen LogP contribution in [0.25, 0.3) is 0 Å². The van der Waals surface area contributed by atoms with E-state index in [2.05, 4.69) is 35.0 Å². The summed E-state index contributed by atoms with van der Waals surface area (Å²) in [5.74, 6) is 1.79. The molecule has 0 atom stereocenters. The van der Waals surface area contributed by atoms with Crippen LogP contribution in [-0.2, 0) is 11.3 Å². The van der Waals surface area contributed by atoms with E-state index >= 15 is 0 Å². The molecule has 4 heteroatoms. The average molecular weight is 233 g/mol. The molecule has 3 rings (SSSR count). The summed E-state index contributed by atoms with van der Waals surface area (Å²) in [5, 5.41) is 4.76. The van der Waals surface area contributed by atoms with E-state index in [4.69, 9.17) is 9.84 Å². The Morgan fingerprint density at radius 1 is 1.35 bits per heavy atom. The third-order valence-electron chi connectivity index (χ3n) is 3.62. The van der Waals surface area contributed by atoms with Crippen molar-refractivity contribution in [2.75, 3.05) is 25.2 Å². The third kappa shape index (κ3) is 2.09. The first-order chi connectivity index (χ1) is 8.34. The van der Waals surface area contributed by atoms with Gasteiger partial charge in [0.2, 0.25) is 0 Å². The van der Waals surface area contributed by atoms with Crippen molar-refractivity contribution in [1.29, 1.82) is 0 Å². The van der Waals surface area contributed by atoms with Crippen LogP contribution in [0.15, 0.2) is 18.3 Å². The first-order valence-corrected chi connectivity index (χ1v) is 6.39. The van der Waals surface area contributed by atoms with Gasteiger partial charge in [-0.25, -0.2) is 4.68 Å². The molecule has 17 heavy (non-hydrogen) atoms. The molecule has 4 nitrogen and oxygen atoms in total. The molecule has 0 radical (unpaired) electrons. The second-order valence-electron chi connectivity index (χ2n) is 4.82. The van der Waals surface area contributed by atoms with Gasteiger partial charge < -0.3 is 9.64 Å². The molecule has 0 saturated carbocycles. The SMILES string of the molecule is CN1C=CCCn2nc(C3CCOCC3)cc21. The van der Waals surface area contributed by atoms with E-state index in [1.165, 1.54) is 11.5 Å². The van der Waals surface area contributed by atoms with Crippen molar-refractivity contribution in [1.82, 2.24) is 9.78 Å². The summed E-state index contributed by atoms with van der Waals surface area (Å²) in [6.45, 7) is 2.74. The number of aromatic nitrogens is 2. The zero-order valence-electron chi connectivity index (χ0n) is 10.3. The molecule has 1 aromatic rings. The largest absolute Gasteiger partial charge is 0.381 e. The van der Waals surface area contributed by atoms with Crippen LogP contribution in [0.1, 0.15) is 30.9 Å². The Morgan fingerprint density at radius 2 is 2.18 bits per heavy atom. The maximum Gasteiger partial charge on any atom is 0.130 e. The summed E-state index contributed by atoms with van der Waals surface area (Å²) < 4.78 is 7.54. The maximum atomic E-state index is 5.41. The Bertz CT molecular complexity index is 418. The lowest BCUT2D eigenvalue weighted by Gasteiger charge is -2.19.